The summed E-state index contributed by atoms with van der Waals surface area (Å²) in [7, 11) is 0. The third-order valence-electron chi connectivity index (χ3n) is 5.09. The van der Waals surface area contributed by atoms with Crippen LogP contribution in [0.25, 0.3) is 0 Å². The zero-order valence-electron chi connectivity index (χ0n) is 17.3. The summed E-state index contributed by atoms with van der Waals surface area (Å²) in [5.74, 6) is -0.963. The third-order valence-corrected chi connectivity index (χ3v) is 5.09. The molecule has 3 rings (SSSR count). The first-order chi connectivity index (χ1) is 14.7. The number of hydrogen-bond donors (Lipinski definition) is 4. The van der Waals surface area contributed by atoms with Crippen LogP contribution in [-0.4, -0.2) is 33.1 Å². The minimum Gasteiger partial charge on any atom is -0.392 e. The Morgan fingerprint density at radius 2 is 1.94 bits per heavy atom. The maximum atomic E-state index is 13.5. The van der Waals surface area contributed by atoms with Gasteiger partial charge in [-0.1, -0.05) is 18.6 Å². The highest BCUT2D eigenvalue weighted by atomic mass is 19.4. The number of aromatic nitrogens is 2. The molecule has 31 heavy (non-hydrogen) atoms. The first-order valence-electron chi connectivity index (χ1n) is 10.2. The molecule has 1 aromatic carbocycles. The third kappa shape index (κ3) is 5.84. The number of halogens is 3. The highest BCUT2D eigenvalue weighted by molar-refractivity contribution is 5.80. The second kappa shape index (κ2) is 9.51. The Kier molecular flexibility index (Phi) is 6.99. The Labute approximate surface area is 178 Å². The first-order valence-corrected chi connectivity index (χ1v) is 10.2. The van der Waals surface area contributed by atoms with Crippen LogP contribution in [0.4, 0.5) is 30.6 Å². The molecule has 1 aliphatic carbocycles. The second-order valence-electron chi connectivity index (χ2n) is 7.89. The van der Waals surface area contributed by atoms with Crippen molar-refractivity contribution in [2.45, 2.75) is 58.0 Å². The summed E-state index contributed by atoms with van der Waals surface area (Å²) in [5, 5.41) is 17.7. The number of alkyl halides is 3. The number of aliphatic hydroxyl groups excluding tert-OH is 1. The monoisotopic (exact) mass is 437 g/mol. The summed E-state index contributed by atoms with van der Waals surface area (Å²) in [6.07, 6.45) is -1.99. The zero-order valence-corrected chi connectivity index (χ0v) is 17.3. The number of anilines is 3. The molecular weight excluding hydrogens is 411 g/mol. The molecule has 1 aliphatic rings. The van der Waals surface area contributed by atoms with Crippen molar-refractivity contribution in [3.05, 3.63) is 41.6 Å². The van der Waals surface area contributed by atoms with Gasteiger partial charge in [0.1, 0.15) is 11.4 Å². The van der Waals surface area contributed by atoms with E-state index in [0.29, 0.717) is 24.1 Å². The number of nitrogens with one attached hydrogen (secondary N) is 3. The van der Waals surface area contributed by atoms with Crippen LogP contribution >= 0.6 is 0 Å². The largest absolute Gasteiger partial charge is 0.421 e. The summed E-state index contributed by atoms with van der Waals surface area (Å²) in [6.45, 7) is 3.57. The van der Waals surface area contributed by atoms with Gasteiger partial charge >= 0.3 is 6.18 Å². The molecule has 2 aromatic rings. The molecule has 1 fully saturated rings. The van der Waals surface area contributed by atoms with Gasteiger partial charge in [0.2, 0.25) is 11.9 Å². The summed E-state index contributed by atoms with van der Waals surface area (Å²) >= 11 is 0. The molecule has 168 valence electrons. The number of benzene rings is 1. The van der Waals surface area contributed by atoms with Crippen LogP contribution in [0.1, 0.15) is 44.2 Å². The molecule has 1 amide bonds. The van der Waals surface area contributed by atoms with E-state index in [9.17, 15) is 18.0 Å². The van der Waals surface area contributed by atoms with E-state index in [4.69, 9.17) is 5.11 Å². The van der Waals surface area contributed by atoms with Crippen LogP contribution in [0.2, 0.25) is 0 Å². The molecule has 0 bridgehead atoms. The molecule has 0 spiro atoms. The molecule has 0 radical (unpaired) electrons. The molecular formula is C21H26F3N5O2. The molecule has 10 heteroatoms. The van der Waals surface area contributed by atoms with Crippen molar-refractivity contribution in [3.8, 4) is 0 Å². The number of carbonyl (C=O) groups excluding carboxylic acids is 1. The topological polar surface area (TPSA) is 99.2 Å². The molecule has 1 saturated carbocycles. The molecule has 1 aromatic heterocycles. The standard InChI is InChI=1S/C21H26F3N5O2/c1-12(2)26-19(31)15-4-3-5-17(15)28-18-16(21(22,23)24)10-25-20(29-18)27-14-8-6-13(11-30)7-9-14/h6-10,12,15,17,30H,3-5,11H2,1-2H3,(H,26,31)(H2,25,27,28,29)/t15-,17+/m0/s1. The van der Waals surface area contributed by atoms with E-state index in [1.54, 1.807) is 24.3 Å². The van der Waals surface area contributed by atoms with Gasteiger partial charge in [0, 0.05) is 24.0 Å². The molecule has 0 saturated heterocycles. The van der Waals surface area contributed by atoms with Gasteiger partial charge in [-0.3, -0.25) is 4.79 Å². The van der Waals surface area contributed by atoms with Crippen molar-refractivity contribution in [2.75, 3.05) is 10.6 Å². The van der Waals surface area contributed by atoms with Gasteiger partial charge in [0.25, 0.3) is 0 Å². The molecule has 4 N–H and O–H groups in total. The lowest BCUT2D eigenvalue weighted by molar-refractivity contribution is -0.137. The van der Waals surface area contributed by atoms with E-state index in [0.717, 1.165) is 12.6 Å². The zero-order chi connectivity index (χ0) is 22.6. The van der Waals surface area contributed by atoms with E-state index in [1.165, 1.54) is 0 Å². The fourth-order valence-electron chi connectivity index (χ4n) is 3.60. The summed E-state index contributed by atoms with van der Waals surface area (Å²) in [4.78, 5) is 20.3. The minimum atomic E-state index is -4.64. The lowest BCUT2D eigenvalue weighted by Gasteiger charge is -2.24. The number of rotatable bonds is 7. The van der Waals surface area contributed by atoms with Crippen LogP contribution in [0.15, 0.2) is 30.5 Å². The highest BCUT2D eigenvalue weighted by Crippen LogP contribution is 2.36. The van der Waals surface area contributed by atoms with Gasteiger partial charge in [0.05, 0.1) is 12.5 Å². The Morgan fingerprint density at radius 1 is 1.23 bits per heavy atom. The number of nitrogens with zero attached hydrogens (tertiary/aromatic N) is 2. The van der Waals surface area contributed by atoms with E-state index >= 15 is 0 Å². The molecule has 0 unspecified atom stereocenters. The van der Waals surface area contributed by atoms with Gasteiger partial charge in [-0.05, 0) is 44.4 Å². The van der Waals surface area contributed by atoms with E-state index < -0.39 is 23.7 Å². The smallest absolute Gasteiger partial charge is 0.392 e. The fourth-order valence-corrected chi connectivity index (χ4v) is 3.60. The average Bonchev–Trinajstić information content (AvgIpc) is 3.15. The predicted molar refractivity (Wildman–Crippen MR) is 111 cm³/mol. The summed E-state index contributed by atoms with van der Waals surface area (Å²) in [5.41, 5.74) is 0.287. The lowest BCUT2D eigenvalue weighted by atomic mass is 10.0. The fraction of sp³-hybridized carbons (Fsp3) is 0.476. The minimum absolute atomic E-state index is 0.00609. The van der Waals surface area contributed by atoms with Crippen LogP contribution in [0, 0.1) is 5.92 Å². The van der Waals surface area contributed by atoms with E-state index in [1.807, 2.05) is 13.8 Å². The molecule has 0 aliphatic heterocycles. The first kappa shape index (κ1) is 22.8. The van der Waals surface area contributed by atoms with E-state index in [-0.39, 0.29) is 30.3 Å². The molecule has 7 nitrogen and oxygen atoms in total. The van der Waals surface area contributed by atoms with Gasteiger partial charge in [-0.25, -0.2) is 4.98 Å². The van der Waals surface area contributed by atoms with Gasteiger partial charge in [-0.15, -0.1) is 0 Å². The Morgan fingerprint density at radius 3 is 2.55 bits per heavy atom. The SMILES string of the molecule is CC(C)NC(=O)[C@H]1CCC[C@H]1Nc1nc(Nc2ccc(CO)cc2)ncc1C(F)(F)F. The lowest BCUT2D eigenvalue weighted by Crippen LogP contribution is -2.41. The van der Waals surface area contributed by atoms with Crippen LogP contribution < -0.4 is 16.0 Å². The second-order valence-corrected chi connectivity index (χ2v) is 7.89. The number of carbonyl (C=O) groups is 1. The maximum absolute atomic E-state index is 13.5. The molecule has 2 atom stereocenters. The molecule has 1 heterocycles. The average molecular weight is 437 g/mol. The van der Waals surface area contributed by atoms with Crippen molar-refractivity contribution >= 4 is 23.4 Å². The van der Waals surface area contributed by atoms with Crippen molar-refractivity contribution in [2.24, 2.45) is 5.92 Å². The Bertz CT molecular complexity index is 903. The van der Waals surface area contributed by atoms with Gasteiger partial charge in [-0.2, -0.15) is 18.2 Å². The Balaban J connectivity index is 1.84. The van der Waals surface area contributed by atoms with Gasteiger partial charge < -0.3 is 21.1 Å². The Hall–Kier alpha value is -2.88. The van der Waals surface area contributed by atoms with E-state index in [2.05, 4.69) is 25.9 Å². The predicted octanol–water partition coefficient (Wildman–Crippen LogP) is 3.84. The quantitative estimate of drug-likeness (QED) is 0.525. The maximum Gasteiger partial charge on any atom is 0.421 e. The summed E-state index contributed by atoms with van der Waals surface area (Å²) < 4.78 is 40.6. The number of aliphatic hydroxyl groups is 1. The van der Waals surface area contributed by atoms with Crippen molar-refractivity contribution in [1.29, 1.82) is 0 Å². The number of amides is 1. The summed E-state index contributed by atoms with van der Waals surface area (Å²) in [6, 6.07) is 6.20. The van der Waals surface area contributed by atoms with Gasteiger partial charge in [0.15, 0.2) is 0 Å². The number of hydrogen-bond acceptors (Lipinski definition) is 6. The highest BCUT2D eigenvalue weighted by Gasteiger charge is 2.38. The van der Waals surface area contributed by atoms with Crippen molar-refractivity contribution in [1.82, 2.24) is 15.3 Å². The normalized spacial score (nSPS) is 18.8. The van der Waals surface area contributed by atoms with Crippen molar-refractivity contribution < 1.29 is 23.1 Å². The van der Waals surface area contributed by atoms with Crippen LogP contribution in [0.5, 0.6) is 0 Å². The van der Waals surface area contributed by atoms with Crippen LogP contribution in [0.3, 0.4) is 0 Å². The van der Waals surface area contributed by atoms with Crippen molar-refractivity contribution in [3.63, 3.8) is 0 Å². The van der Waals surface area contributed by atoms with Crippen LogP contribution in [-0.2, 0) is 17.6 Å².